The van der Waals surface area contributed by atoms with E-state index in [1.54, 1.807) is 0 Å². The maximum Gasteiger partial charge on any atom is 0.0411 e. The van der Waals surface area contributed by atoms with E-state index in [0.29, 0.717) is 0 Å². The molecule has 1 heteroatoms. The van der Waals surface area contributed by atoms with Gasteiger partial charge in [0.2, 0.25) is 0 Å². The Balaban J connectivity index is 2.34. The van der Waals surface area contributed by atoms with Crippen molar-refractivity contribution < 1.29 is 0 Å². The number of para-hydroxylation sites is 1. The number of rotatable bonds is 3. The van der Waals surface area contributed by atoms with Crippen LogP contribution in [0, 0.1) is 6.07 Å². The average Bonchev–Trinajstić information content (AvgIpc) is 2.33. The SMILES string of the molecule is CCN(c1cc[c]cc1)c1ccccc1. The fourth-order valence-corrected chi connectivity index (χ4v) is 1.68. The van der Waals surface area contributed by atoms with E-state index in [1.807, 2.05) is 18.2 Å². The second-order valence-corrected chi connectivity index (χ2v) is 3.34. The van der Waals surface area contributed by atoms with Gasteiger partial charge in [0.05, 0.1) is 0 Å². The van der Waals surface area contributed by atoms with Crippen LogP contribution in [0.25, 0.3) is 0 Å². The molecule has 1 radical (unpaired) electrons. The first kappa shape index (κ1) is 9.78. The van der Waals surface area contributed by atoms with Gasteiger partial charge in [0.1, 0.15) is 0 Å². The van der Waals surface area contributed by atoms with E-state index in [2.05, 4.69) is 54.3 Å². The molecule has 0 heterocycles. The molecule has 2 aromatic carbocycles. The molecular weight excluding hydrogens is 182 g/mol. The first-order valence-corrected chi connectivity index (χ1v) is 5.20. The van der Waals surface area contributed by atoms with Crippen LogP contribution in [0.3, 0.4) is 0 Å². The van der Waals surface area contributed by atoms with Crippen molar-refractivity contribution in [3.8, 4) is 0 Å². The van der Waals surface area contributed by atoms with Crippen LogP contribution < -0.4 is 4.90 Å². The molecule has 0 saturated heterocycles. The molecule has 0 aliphatic carbocycles. The lowest BCUT2D eigenvalue weighted by Crippen LogP contribution is -2.15. The van der Waals surface area contributed by atoms with E-state index >= 15 is 0 Å². The predicted molar refractivity (Wildman–Crippen MR) is 64.4 cm³/mol. The topological polar surface area (TPSA) is 3.24 Å². The highest BCUT2D eigenvalue weighted by molar-refractivity contribution is 5.62. The summed E-state index contributed by atoms with van der Waals surface area (Å²) in [7, 11) is 0. The summed E-state index contributed by atoms with van der Waals surface area (Å²) in [4.78, 5) is 2.27. The fraction of sp³-hybridized carbons (Fsp3) is 0.143. The van der Waals surface area contributed by atoms with Crippen molar-refractivity contribution in [2.24, 2.45) is 0 Å². The van der Waals surface area contributed by atoms with Crippen molar-refractivity contribution in [3.05, 3.63) is 60.7 Å². The molecule has 0 aromatic heterocycles. The van der Waals surface area contributed by atoms with Gasteiger partial charge in [-0.15, -0.1) is 0 Å². The zero-order valence-corrected chi connectivity index (χ0v) is 8.85. The smallest absolute Gasteiger partial charge is 0.0411 e. The Morgan fingerprint density at radius 1 is 0.933 bits per heavy atom. The van der Waals surface area contributed by atoms with Gasteiger partial charge in [-0.25, -0.2) is 0 Å². The first-order valence-electron chi connectivity index (χ1n) is 5.20. The van der Waals surface area contributed by atoms with Crippen molar-refractivity contribution in [2.75, 3.05) is 11.4 Å². The van der Waals surface area contributed by atoms with E-state index in [9.17, 15) is 0 Å². The Morgan fingerprint density at radius 2 is 1.53 bits per heavy atom. The Kier molecular flexibility index (Phi) is 3.03. The normalized spacial score (nSPS) is 9.93. The highest BCUT2D eigenvalue weighted by Crippen LogP contribution is 2.23. The van der Waals surface area contributed by atoms with Gasteiger partial charge in [-0.1, -0.05) is 30.3 Å². The third-order valence-electron chi connectivity index (χ3n) is 2.40. The Labute approximate surface area is 91.0 Å². The third-order valence-corrected chi connectivity index (χ3v) is 2.40. The lowest BCUT2D eigenvalue weighted by Gasteiger charge is -2.22. The molecule has 0 atom stereocenters. The molecule has 0 bridgehead atoms. The van der Waals surface area contributed by atoms with Crippen LogP contribution in [0.15, 0.2) is 54.6 Å². The number of benzene rings is 2. The van der Waals surface area contributed by atoms with E-state index in [-0.39, 0.29) is 0 Å². The lowest BCUT2D eigenvalue weighted by atomic mass is 10.2. The highest BCUT2D eigenvalue weighted by Gasteiger charge is 2.04. The summed E-state index contributed by atoms with van der Waals surface area (Å²) in [6, 6.07) is 21.5. The molecule has 0 aliphatic rings. The number of nitrogens with zero attached hydrogens (tertiary/aromatic N) is 1. The van der Waals surface area contributed by atoms with Crippen LogP contribution in [0.5, 0.6) is 0 Å². The molecule has 0 saturated carbocycles. The first-order chi connectivity index (χ1) is 7.42. The molecule has 0 amide bonds. The summed E-state index contributed by atoms with van der Waals surface area (Å²) < 4.78 is 0. The molecule has 1 nitrogen and oxygen atoms in total. The van der Waals surface area contributed by atoms with Crippen LogP contribution in [0.4, 0.5) is 11.4 Å². The molecule has 75 valence electrons. The van der Waals surface area contributed by atoms with Crippen molar-refractivity contribution >= 4 is 11.4 Å². The maximum atomic E-state index is 3.04. The maximum absolute atomic E-state index is 3.04. The van der Waals surface area contributed by atoms with Gasteiger partial charge in [0.15, 0.2) is 0 Å². The monoisotopic (exact) mass is 196 g/mol. The van der Waals surface area contributed by atoms with Crippen molar-refractivity contribution in [1.29, 1.82) is 0 Å². The number of hydrogen-bond acceptors (Lipinski definition) is 1. The average molecular weight is 196 g/mol. The summed E-state index contributed by atoms with van der Waals surface area (Å²) >= 11 is 0. The summed E-state index contributed by atoms with van der Waals surface area (Å²) in [6.45, 7) is 3.12. The van der Waals surface area contributed by atoms with E-state index in [1.165, 1.54) is 11.4 Å². The molecule has 2 aromatic rings. The van der Waals surface area contributed by atoms with Crippen LogP contribution in [0.1, 0.15) is 6.92 Å². The van der Waals surface area contributed by atoms with Crippen molar-refractivity contribution in [3.63, 3.8) is 0 Å². The predicted octanol–water partition coefficient (Wildman–Crippen LogP) is 3.64. The molecule has 0 spiro atoms. The van der Waals surface area contributed by atoms with Crippen molar-refractivity contribution in [1.82, 2.24) is 0 Å². The molecule has 0 unspecified atom stereocenters. The summed E-state index contributed by atoms with van der Waals surface area (Å²) in [5.74, 6) is 0. The molecule has 0 N–H and O–H groups in total. The van der Waals surface area contributed by atoms with E-state index < -0.39 is 0 Å². The van der Waals surface area contributed by atoms with Crippen LogP contribution in [-0.2, 0) is 0 Å². The van der Waals surface area contributed by atoms with Gasteiger partial charge < -0.3 is 4.90 Å². The molecule has 15 heavy (non-hydrogen) atoms. The van der Waals surface area contributed by atoms with Gasteiger partial charge >= 0.3 is 0 Å². The van der Waals surface area contributed by atoms with Gasteiger partial charge in [-0.3, -0.25) is 0 Å². The fourth-order valence-electron chi connectivity index (χ4n) is 1.68. The third kappa shape index (κ3) is 2.18. The Hall–Kier alpha value is -1.76. The minimum absolute atomic E-state index is 0.966. The minimum Gasteiger partial charge on any atom is -0.342 e. The van der Waals surface area contributed by atoms with Gasteiger partial charge in [-0.05, 0) is 37.3 Å². The standard InChI is InChI=1S/C14H14N/c1-2-15(13-9-5-3-6-10-13)14-11-7-4-8-12-14/h3,5-12H,2H2,1H3. The lowest BCUT2D eigenvalue weighted by molar-refractivity contribution is 1.02. The minimum atomic E-state index is 0.966. The highest BCUT2D eigenvalue weighted by atomic mass is 15.1. The molecule has 2 rings (SSSR count). The quantitative estimate of drug-likeness (QED) is 0.724. The molecular formula is C14H14N. The molecule has 0 aliphatic heterocycles. The van der Waals surface area contributed by atoms with Gasteiger partial charge in [0.25, 0.3) is 0 Å². The number of anilines is 2. The summed E-state index contributed by atoms with van der Waals surface area (Å²) in [5.41, 5.74) is 2.44. The van der Waals surface area contributed by atoms with Crippen LogP contribution in [0.2, 0.25) is 0 Å². The Bertz CT molecular complexity index is 355. The number of hydrogen-bond donors (Lipinski definition) is 0. The van der Waals surface area contributed by atoms with E-state index in [0.717, 1.165) is 6.54 Å². The summed E-state index contributed by atoms with van der Waals surface area (Å²) in [5, 5.41) is 0. The second kappa shape index (κ2) is 4.65. The van der Waals surface area contributed by atoms with Gasteiger partial charge in [-0.2, -0.15) is 0 Å². The summed E-state index contributed by atoms with van der Waals surface area (Å²) in [6.07, 6.45) is 0. The van der Waals surface area contributed by atoms with Crippen LogP contribution >= 0.6 is 0 Å². The van der Waals surface area contributed by atoms with Gasteiger partial charge in [0, 0.05) is 17.9 Å². The second-order valence-electron chi connectivity index (χ2n) is 3.34. The zero-order chi connectivity index (χ0) is 10.5. The zero-order valence-electron chi connectivity index (χ0n) is 8.85. The van der Waals surface area contributed by atoms with Crippen molar-refractivity contribution in [2.45, 2.75) is 6.92 Å². The Morgan fingerprint density at radius 3 is 2.13 bits per heavy atom. The van der Waals surface area contributed by atoms with Crippen LogP contribution in [-0.4, -0.2) is 6.54 Å². The van der Waals surface area contributed by atoms with E-state index in [4.69, 9.17) is 0 Å². The largest absolute Gasteiger partial charge is 0.342 e. The molecule has 0 fully saturated rings.